The molecule has 4 rings (SSSR count). The molecule has 1 saturated heterocycles. The molecule has 1 aliphatic heterocycles. The topological polar surface area (TPSA) is 219 Å². The van der Waals surface area contributed by atoms with Crippen LogP contribution in [0.15, 0.2) is 65.1 Å². The van der Waals surface area contributed by atoms with Gasteiger partial charge < -0.3 is 25.5 Å². The van der Waals surface area contributed by atoms with Gasteiger partial charge in [0.1, 0.15) is 17.6 Å². The van der Waals surface area contributed by atoms with Crippen LogP contribution in [-0.2, 0) is 35.2 Å². The van der Waals surface area contributed by atoms with Gasteiger partial charge in [-0.1, -0.05) is 48.0 Å². The number of nitrogens with zero attached hydrogens (tertiary/aromatic N) is 2. The molecule has 49 heavy (non-hydrogen) atoms. The van der Waals surface area contributed by atoms with Gasteiger partial charge in [-0.25, -0.2) is 26.5 Å². The number of benzene rings is 2. The number of para-hydroxylation sites is 2. The van der Waals surface area contributed by atoms with Crippen molar-refractivity contribution in [2.45, 2.75) is 61.2 Å². The number of ketones is 1. The van der Waals surface area contributed by atoms with Gasteiger partial charge >= 0.3 is 0 Å². The average molecular weight is 738 g/mol. The Hall–Kier alpha value is -3.67. The van der Waals surface area contributed by atoms with Crippen LogP contribution in [0, 0.1) is 0 Å². The summed E-state index contributed by atoms with van der Waals surface area (Å²) in [6.45, 7) is -0.427. The number of hydrogen-bond donors (Lipinski definition) is 4. The lowest BCUT2D eigenvalue weighted by Crippen LogP contribution is -2.55. The molecular formula is C32H40ClN5O9S2. The molecule has 4 atom stereocenters. The molecule has 1 aliphatic rings. The highest BCUT2D eigenvalue weighted by atomic mass is 35.5. The Kier molecular flexibility index (Phi) is 13.1. The van der Waals surface area contributed by atoms with E-state index >= 15 is 0 Å². The number of nitrogens with two attached hydrogens (primary N) is 1. The van der Waals surface area contributed by atoms with Gasteiger partial charge in [-0.2, -0.15) is 0 Å². The van der Waals surface area contributed by atoms with Crippen LogP contribution in [0.5, 0.6) is 0 Å². The van der Waals surface area contributed by atoms with Gasteiger partial charge in [0.25, 0.3) is 5.89 Å². The number of rotatable bonds is 17. The Morgan fingerprint density at radius 1 is 1.08 bits per heavy atom. The molecule has 3 aromatic rings. The van der Waals surface area contributed by atoms with E-state index in [9.17, 15) is 36.3 Å². The van der Waals surface area contributed by atoms with Crippen LogP contribution in [0.2, 0.25) is 5.02 Å². The van der Waals surface area contributed by atoms with E-state index in [1.54, 1.807) is 48.5 Å². The summed E-state index contributed by atoms with van der Waals surface area (Å²) in [7, 11) is -7.91. The molecule has 2 heterocycles. The summed E-state index contributed by atoms with van der Waals surface area (Å²) >= 11 is 5.96. The molecule has 266 valence electrons. The maximum Gasteiger partial charge on any atom is 0.266 e. The van der Waals surface area contributed by atoms with Gasteiger partial charge in [-0.05, 0) is 68.5 Å². The summed E-state index contributed by atoms with van der Waals surface area (Å²) in [5, 5.41) is 11.1. The minimum Gasteiger partial charge on any atom is -0.434 e. The zero-order valence-corrected chi connectivity index (χ0v) is 29.2. The largest absolute Gasteiger partial charge is 0.434 e. The minimum absolute atomic E-state index is 0.156. The highest BCUT2D eigenvalue weighted by molar-refractivity contribution is 7.91. The molecule has 17 heteroatoms. The van der Waals surface area contributed by atoms with E-state index in [2.05, 4.69) is 15.0 Å². The predicted octanol–water partition coefficient (Wildman–Crippen LogP) is 1.72. The third-order valence-corrected chi connectivity index (χ3v) is 11.1. The Bertz CT molecular complexity index is 1850. The lowest BCUT2D eigenvalue weighted by Gasteiger charge is -2.29. The van der Waals surface area contributed by atoms with Gasteiger partial charge in [0.15, 0.2) is 15.4 Å². The van der Waals surface area contributed by atoms with E-state index in [1.807, 2.05) is 0 Å². The van der Waals surface area contributed by atoms with Crippen molar-refractivity contribution in [3.63, 3.8) is 0 Å². The number of fused-ring (bicyclic) bond motifs is 1. The smallest absolute Gasteiger partial charge is 0.266 e. The molecular weight excluding hydrogens is 698 g/mol. The molecule has 2 aromatic carbocycles. The maximum absolute atomic E-state index is 14.0. The number of hydrogen-bond acceptors (Lipinski definition) is 11. The third-order valence-electron chi connectivity index (χ3n) is 8.02. The van der Waals surface area contributed by atoms with Crippen LogP contribution in [0.25, 0.3) is 11.1 Å². The molecule has 1 fully saturated rings. The minimum atomic E-state index is -3.97. The number of amides is 2. The summed E-state index contributed by atoms with van der Waals surface area (Å²) in [5.74, 6) is -2.88. The second-order valence-electron chi connectivity index (χ2n) is 11.8. The van der Waals surface area contributed by atoms with Crippen LogP contribution in [0.1, 0.15) is 48.4 Å². The molecule has 0 radical (unpaired) electrons. The van der Waals surface area contributed by atoms with Crippen LogP contribution in [-0.4, -0.2) is 98.8 Å². The number of sulfone groups is 1. The highest BCUT2D eigenvalue weighted by Crippen LogP contribution is 2.28. The van der Waals surface area contributed by atoms with E-state index in [4.69, 9.17) is 21.8 Å². The lowest BCUT2D eigenvalue weighted by molar-refractivity contribution is -0.139. The van der Waals surface area contributed by atoms with Gasteiger partial charge in [-0.3, -0.25) is 14.4 Å². The molecule has 0 spiro atoms. The van der Waals surface area contributed by atoms with Crippen LogP contribution < -0.4 is 15.8 Å². The van der Waals surface area contributed by atoms with E-state index in [1.165, 1.54) is 12.2 Å². The first-order chi connectivity index (χ1) is 23.2. The number of carbonyl (C=O) groups excluding carboxylic acids is 3. The van der Waals surface area contributed by atoms with Crippen molar-refractivity contribution in [3.05, 3.63) is 77.2 Å². The molecule has 0 unspecified atom stereocenters. The molecule has 14 nitrogen and oxygen atoms in total. The standard InChI is InChI=1S/C32H40ClN5O9S2/c1-48(43,44)37-26(10-5-7-17-39)32(42)38-19-23(49(45,46)20-21-12-14-22(33)15-13-21)18-27(38)30(41)35-25(9-4-6-16-34)29(40)31-36-24-8-2-3-11-28(24)47-31/h2-3,5,7-8,11-15,23,25-27,37,39H,4,6,9-10,16-20,34H2,1H3,(H,35,41)/b7-5+/t23-,25+,26-,27+/m1/s1. The van der Waals surface area contributed by atoms with Crippen molar-refractivity contribution in [2.75, 3.05) is 26.0 Å². The van der Waals surface area contributed by atoms with Crippen molar-refractivity contribution in [3.8, 4) is 0 Å². The first kappa shape index (κ1) is 38.1. The van der Waals surface area contributed by atoms with Crippen LogP contribution in [0.4, 0.5) is 0 Å². The third kappa shape index (κ3) is 10.4. The highest BCUT2D eigenvalue weighted by Gasteiger charge is 2.47. The van der Waals surface area contributed by atoms with Gasteiger partial charge in [0.2, 0.25) is 27.6 Å². The number of carbonyl (C=O) groups is 3. The van der Waals surface area contributed by atoms with Crippen molar-refractivity contribution in [2.24, 2.45) is 5.73 Å². The number of aromatic nitrogens is 1. The number of halogens is 1. The summed E-state index contributed by atoms with van der Waals surface area (Å²) < 4.78 is 59.6. The molecule has 0 saturated carbocycles. The summed E-state index contributed by atoms with van der Waals surface area (Å²) in [6, 6.07) is 9.04. The maximum atomic E-state index is 14.0. The SMILES string of the molecule is CS(=O)(=O)N[C@H](C/C=C/CO)C(=O)N1C[C@H](S(=O)(=O)Cc2ccc(Cl)cc2)C[C@H]1C(=O)N[C@@H](CCCCN)C(=O)c1nc2ccccc2o1. The second kappa shape index (κ2) is 16.8. The first-order valence-corrected chi connectivity index (χ1v) is 19.6. The molecule has 1 aromatic heterocycles. The van der Waals surface area contributed by atoms with Crippen molar-refractivity contribution in [1.29, 1.82) is 0 Å². The number of Topliss-reactive ketones (excluding diaryl/α,β-unsaturated/α-hetero) is 1. The Balaban J connectivity index is 1.66. The van der Waals surface area contributed by atoms with Gasteiger partial charge in [0, 0.05) is 11.6 Å². The zero-order chi connectivity index (χ0) is 35.8. The van der Waals surface area contributed by atoms with E-state index in [0.717, 1.165) is 11.2 Å². The summed E-state index contributed by atoms with van der Waals surface area (Å²) in [6.07, 6.45) is 4.25. The summed E-state index contributed by atoms with van der Waals surface area (Å²) in [5.41, 5.74) is 6.93. The molecule has 0 bridgehead atoms. The second-order valence-corrected chi connectivity index (χ2v) is 16.3. The fourth-order valence-electron chi connectivity index (χ4n) is 5.60. The Labute approximate surface area is 290 Å². The number of nitrogens with one attached hydrogen (secondary N) is 2. The zero-order valence-electron chi connectivity index (χ0n) is 26.8. The Morgan fingerprint density at radius 3 is 2.45 bits per heavy atom. The lowest BCUT2D eigenvalue weighted by atomic mass is 10.0. The molecule has 2 amide bonds. The number of sulfonamides is 1. The van der Waals surface area contributed by atoms with Gasteiger partial charge in [-0.15, -0.1) is 0 Å². The molecule has 0 aliphatic carbocycles. The monoisotopic (exact) mass is 737 g/mol. The van der Waals surface area contributed by atoms with Gasteiger partial charge in [0.05, 0.1) is 29.9 Å². The van der Waals surface area contributed by atoms with E-state index < -0.39 is 73.1 Å². The molecule has 5 N–H and O–H groups in total. The van der Waals surface area contributed by atoms with E-state index in [0.29, 0.717) is 41.1 Å². The summed E-state index contributed by atoms with van der Waals surface area (Å²) in [4.78, 5) is 46.9. The number of aliphatic hydroxyl groups is 1. The number of likely N-dealkylation sites (tertiary alicyclic amines) is 1. The fraction of sp³-hybridized carbons (Fsp3) is 0.438. The van der Waals surface area contributed by atoms with Crippen molar-refractivity contribution >= 4 is 60.2 Å². The number of aliphatic hydroxyl groups excluding tert-OH is 1. The van der Waals surface area contributed by atoms with Crippen LogP contribution >= 0.6 is 11.6 Å². The fourth-order valence-corrected chi connectivity index (χ4v) is 8.20. The average Bonchev–Trinajstić information content (AvgIpc) is 3.70. The predicted molar refractivity (Wildman–Crippen MR) is 184 cm³/mol. The number of unbranched alkanes of at least 4 members (excludes halogenated alkanes) is 1. The van der Waals surface area contributed by atoms with Crippen LogP contribution in [0.3, 0.4) is 0 Å². The van der Waals surface area contributed by atoms with E-state index in [-0.39, 0.29) is 31.8 Å². The quantitative estimate of drug-likeness (QED) is 0.0888. The van der Waals surface area contributed by atoms with Crippen molar-refractivity contribution in [1.82, 2.24) is 19.9 Å². The number of oxazole rings is 1. The van der Waals surface area contributed by atoms with Crippen molar-refractivity contribution < 1.29 is 40.7 Å². The Morgan fingerprint density at radius 2 is 1.80 bits per heavy atom. The first-order valence-electron chi connectivity index (χ1n) is 15.6. The normalized spacial score (nSPS) is 18.2.